The summed E-state index contributed by atoms with van der Waals surface area (Å²) in [4.78, 5) is 24.7. The van der Waals surface area contributed by atoms with Crippen LogP contribution in [0, 0.1) is 0 Å². The molecule has 0 saturated carbocycles. The molecular weight excluding hydrogens is 434 g/mol. The van der Waals surface area contributed by atoms with Crippen molar-refractivity contribution in [3.63, 3.8) is 0 Å². The van der Waals surface area contributed by atoms with Gasteiger partial charge in [0.1, 0.15) is 11.5 Å². The fourth-order valence-electron chi connectivity index (χ4n) is 3.11. The third-order valence-corrected chi connectivity index (χ3v) is 4.98. The lowest BCUT2D eigenvalue weighted by molar-refractivity contribution is -0.118. The summed E-state index contributed by atoms with van der Waals surface area (Å²) in [5.41, 5.74) is 1.51. The van der Waals surface area contributed by atoms with Crippen molar-refractivity contribution in [3.05, 3.63) is 82.6 Å². The van der Waals surface area contributed by atoms with Crippen LogP contribution in [0.5, 0.6) is 23.0 Å². The highest BCUT2D eigenvalue weighted by atomic mass is 35.5. The lowest BCUT2D eigenvalue weighted by Crippen LogP contribution is -2.20. The number of phenolic OH excluding ortho intramolecular Hbond substituents is 1. The molecule has 1 aliphatic heterocycles. The van der Waals surface area contributed by atoms with Crippen molar-refractivity contribution in [2.24, 2.45) is 0 Å². The van der Waals surface area contributed by atoms with E-state index in [1.165, 1.54) is 25.3 Å². The standard InChI is InChI=1S/C24H18ClNO6/c1-30-21-10-14(11-22-24(29)16-8-7-15(27)12-20(16)32-22)6-9-19(21)31-13-23(28)26-18-5-3-2-4-17(18)25/h2-12,27H,13H2,1H3,(H,26,28)/b22-11-. The number of allylic oxidation sites excluding steroid dienone is 1. The van der Waals surface area contributed by atoms with Gasteiger partial charge < -0.3 is 24.6 Å². The molecule has 2 N–H and O–H groups in total. The molecule has 1 amide bonds. The number of Topliss-reactive ketones (excluding diaryl/α,β-unsaturated/α-hetero) is 1. The van der Waals surface area contributed by atoms with E-state index in [1.807, 2.05) is 0 Å². The highest BCUT2D eigenvalue weighted by molar-refractivity contribution is 6.33. The first kappa shape index (κ1) is 21.3. The molecule has 3 aromatic rings. The van der Waals surface area contributed by atoms with Crippen LogP contribution >= 0.6 is 11.6 Å². The maximum Gasteiger partial charge on any atom is 0.262 e. The number of ketones is 1. The van der Waals surface area contributed by atoms with Crippen LogP contribution in [0.15, 0.2) is 66.4 Å². The monoisotopic (exact) mass is 451 g/mol. The predicted molar refractivity (Wildman–Crippen MR) is 120 cm³/mol. The second-order valence-electron chi connectivity index (χ2n) is 6.85. The van der Waals surface area contributed by atoms with Crippen LogP contribution < -0.4 is 19.5 Å². The molecule has 0 fully saturated rings. The Kier molecular flexibility index (Phi) is 6.00. The number of carbonyl (C=O) groups excluding carboxylic acids is 2. The van der Waals surface area contributed by atoms with Gasteiger partial charge in [-0.1, -0.05) is 29.8 Å². The molecule has 1 heterocycles. The number of nitrogens with one attached hydrogen (secondary N) is 1. The number of aromatic hydroxyl groups is 1. The molecule has 0 radical (unpaired) electrons. The minimum absolute atomic E-state index is 0.0135. The largest absolute Gasteiger partial charge is 0.508 e. The summed E-state index contributed by atoms with van der Waals surface area (Å²) in [6.07, 6.45) is 1.57. The van der Waals surface area contributed by atoms with Crippen LogP contribution in [0.3, 0.4) is 0 Å². The molecule has 4 rings (SSSR count). The summed E-state index contributed by atoms with van der Waals surface area (Å²) < 4.78 is 16.5. The van der Waals surface area contributed by atoms with E-state index in [0.717, 1.165) is 0 Å². The number of benzene rings is 3. The molecule has 0 spiro atoms. The number of anilines is 1. The maximum absolute atomic E-state index is 12.5. The number of rotatable bonds is 6. The molecule has 0 unspecified atom stereocenters. The molecule has 0 atom stereocenters. The van der Waals surface area contributed by atoms with Crippen molar-refractivity contribution in [1.29, 1.82) is 0 Å². The second kappa shape index (κ2) is 9.03. The van der Waals surface area contributed by atoms with Gasteiger partial charge >= 0.3 is 0 Å². The molecule has 0 aliphatic carbocycles. The Morgan fingerprint density at radius 2 is 1.94 bits per heavy atom. The van der Waals surface area contributed by atoms with Crippen LogP contribution in [0.4, 0.5) is 5.69 Å². The lowest BCUT2D eigenvalue weighted by atomic mass is 10.1. The molecule has 162 valence electrons. The minimum atomic E-state index is -0.377. The topological polar surface area (TPSA) is 94.1 Å². The molecule has 7 nitrogen and oxygen atoms in total. The predicted octanol–water partition coefficient (Wildman–Crippen LogP) is 4.69. The fraction of sp³-hybridized carbons (Fsp3) is 0.0833. The number of phenols is 1. The summed E-state index contributed by atoms with van der Waals surface area (Å²) in [6.45, 7) is -0.248. The quantitative estimate of drug-likeness (QED) is 0.528. The van der Waals surface area contributed by atoms with Crippen molar-refractivity contribution >= 4 is 35.1 Å². The van der Waals surface area contributed by atoms with E-state index in [0.29, 0.717) is 39.1 Å². The molecule has 1 aliphatic rings. The van der Waals surface area contributed by atoms with Crippen molar-refractivity contribution in [2.45, 2.75) is 0 Å². The SMILES string of the molecule is COc1cc(/C=C2\Oc3cc(O)ccc3C2=O)ccc1OCC(=O)Nc1ccccc1Cl. The van der Waals surface area contributed by atoms with Crippen molar-refractivity contribution in [1.82, 2.24) is 0 Å². The zero-order valence-electron chi connectivity index (χ0n) is 16.9. The maximum atomic E-state index is 12.5. The Morgan fingerprint density at radius 1 is 1.12 bits per heavy atom. The number of hydrogen-bond acceptors (Lipinski definition) is 6. The van der Waals surface area contributed by atoms with Gasteiger partial charge in [-0.15, -0.1) is 0 Å². The van der Waals surface area contributed by atoms with Gasteiger partial charge in [-0.3, -0.25) is 9.59 Å². The molecular formula is C24H18ClNO6. The smallest absolute Gasteiger partial charge is 0.262 e. The second-order valence-corrected chi connectivity index (χ2v) is 7.25. The number of amides is 1. The zero-order valence-corrected chi connectivity index (χ0v) is 17.7. The van der Waals surface area contributed by atoms with Crippen LogP contribution in [-0.2, 0) is 4.79 Å². The number of fused-ring (bicyclic) bond motifs is 1. The first-order chi connectivity index (χ1) is 15.4. The first-order valence-electron chi connectivity index (χ1n) is 9.57. The third kappa shape index (κ3) is 4.53. The lowest BCUT2D eigenvalue weighted by Gasteiger charge is -2.12. The number of halogens is 1. The summed E-state index contributed by atoms with van der Waals surface area (Å²) >= 11 is 6.04. The average molecular weight is 452 g/mol. The molecule has 32 heavy (non-hydrogen) atoms. The van der Waals surface area contributed by atoms with E-state index in [1.54, 1.807) is 48.5 Å². The van der Waals surface area contributed by atoms with Gasteiger partial charge in [0.2, 0.25) is 5.78 Å². The van der Waals surface area contributed by atoms with E-state index in [9.17, 15) is 14.7 Å². The molecule has 8 heteroatoms. The molecule has 0 aromatic heterocycles. The number of hydrogen-bond donors (Lipinski definition) is 2. The van der Waals surface area contributed by atoms with E-state index in [-0.39, 0.29) is 29.8 Å². The zero-order chi connectivity index (χ0) is 22.7. The van der Waals surface area contributed by atoms with E-state index < -0.39 is 0 Å². The Labute approximate surface area is 188 Å². The van der Waals surface area contributed by atoms with Crippen molar-refractivity contribution in [2.75, 3.05) is 19.0 Å². The van der Waals surface area contributed by atoms with E-state index in [4.69, 9.17) is 25.8 Å². The van der Waals surface area contributed by atoms with Gasteiger partial charge in [-0.2, -0.15) is 0 Å². The average Bonchev–Trinajstić information content (AvgIpc) is 3.08. The number of carbonyl (C=O) groups is 2. The van der Waals surface area contributed by atoms with Crippen LogP contribution in [0.25, 0.3) is 6.08 Å². The molecule has 3 aromatic carbocycles. The third-order valence-electron chi connectivity index (χ3n) is 4.65. The Hall–Kier alpha value is -3.97. The number of methoxy groups -OCH3 is 1. The summed E-state index contributed by atoms with van der Waals surface area (Å²) in [5.74, 6) is 0.520. The first-order valence-corrected chi connectivity index (χ1v) is 9.95. The van der Waals surface area contributed by atoms with Crippen LogP contribution in [0.2, 0.25) is 5.02 Å². The van der Waals surface area contributed by atoms with Crippen LogP contribution in [0.1, 0.15) is 15.9 Å². The fourth-order valence-corrected chi connectivity index (χ4v) is 3.30. The summed E-state index contributed by atoms with van der Waals surface area (Å²) in [5, 5.41) is 12.7. The summed E-state index contributed by atoms with van der Waals surface area (Å²) in [7, 11) is 1.47. The highest BCUT2D eigenvalue weighted by Gasteiger charge is 2.27. The number of para-hydroxylation sites is 1. The Morgan fingerprint density at radius 3 is 2.72 bits per heavy atom. The number of ether oxygens (including phenoxy) is 3. The normalized spacial score (nSPS) is 13.4. The molecule has 0 bridgehead atoms. The van der Waals surface area contributed by atoms with Gasteiger partial charge in [-0.25, -0.2) is 0 Å². The Bertz CT molecular complexity index is 1240. The highest BCUT2D eigenvalue weighted by Crippen LogP contribution is 2.35. The van der Waals surface area contributed by atoms with Gasteiger partial charge in [0, 0.05) is 6.07 Å². The van der Waals surface area contributed by atoms with Gasteiger partial charge in [0.05, 0.1) is 23.4 Å². The van der Waals surface area contributed by atoms with E-state index in [2.05, 4.69) is 5.32 Å². The molecule has 0 saturated heterocycles. The summed E-state index contributed by atoms with van der Waals surface area (Å²) in [6, 6.07) is 16.2. The minimum Gasteiger partial charge on any atom is -0.508 e. The van der Waals surface area contributed by atoms with Gasteiger partial charge in [-0.05, 0) is 48.0 Å². The van der Waals surface area contributed by atoms with Gasteiger partial charge in [0.15, 0.2) is 23.9 Å². The van der Waals surface area contributed by atoms with Crippen molar-refractivity contribution in [3.8, 4) is 23.0 Å². The van der Waals surface area contributed by atoms with E-state index >= 15 is 0 Å². The Balaban J connectivity index is 1.45. The van der Waals surface area contributed by atoms with Crippen molar-refractivity contribution < 1.29 is 28.9 Å². The van der Waals surface area contributed by atoms with Crippen LogP contribution in [-0.4, -0.2) is 30.5 Å². The van der Waals surface area contributed by atoms with Gasteiger partial charge in [0.25, 0.3) is 5.91 Å².